The molecular formula is C35H41ClFN5O4. The van der Waals surface area contributed by atoms with Crippen LogP contribution in [0.25, 0.3) is 32.8 Å². The minimum absolute atomic E-state index is 0.00715. The number of carbonyl (C=O) groups excluding carboxylic acids is 1. The fourth-order valence-electron chi connectivity index (χ4n) is 6.60. The molecule has 2 fully saturated rings. The predicted molar refractivity (Wildman–Crippen MR) is 179 cm³/mol. The van der Waals surface area contributed by atoms with Crippen molar-refractivity contribution in [2.45, 2.75) is 64.1 Å². The highest BCUT2D eigenvalue weighted by Gasteiger charge is 2.45. The van der Waals surface area contributed by atoms with Gasteiger partial charge in [-0.15, -0.1) is 0 Å². The molecule has 2 aliphatic heterocycles. The molecule has 3 heterocycles. The minimum Gasteiger partial charge on any atom is -0.508 e. The van der Waals surface area contributed by atoms with Crippen LogP contribution in [-0.2, 0) is 4.74 Å². The zero-order valence-corrected chi connectivity index (χ0v) is 27.8. The summed E-state index contributed by atoms with van der Waals surface area (Å²) < 4.78 is 28.6. The summed E-state index contributed by atoms with van der Waals surface area (Å²) in [5, 5.41) is 12.7. The average molecular weight is 650 g/mol. The monoisotopic (exact) mass is 649 g/mol. The molecule has 6 rings (SSSR count). The molecule has 2 bridgehead atoms. The highest BCUT2D eigenvalue weighted by Crippen LogP contribution is 2.43. The zero-order valence-electron chi connectivity index (χ0n) is 27.0. The topological polar surface area (TPSA) is 91.3 Å². The maximum atomic E-state index is 16.8. The fourth-order valence-corrected chi connectivity index (χ4v) is 6.89. The summed E-state index contributed by atoms with van der Waals surface area (Å²) in [4.78, 5) is 28.6. The van der Waals surface area contributed by atoms with E-state index in [1.165, 1.54) is 6.07 Å². The molecule has 4 aromatic rings. The van der Waals surface area contributed by atoms with Crippen molar-refractivity contribution in [2.75, 3.05) is 45.2 Å². The lowest BCUT2D eigenvalue weighted by Crippen LogP contribution is -2.57. The Labute approximate surface area is 273 Å². The van der Waals surface area contributed by atoms with Crippen molar-refractivity contribution in [3.63, 3.8) is 0 Å². The molecule has 1 N–H and O–H groups in total. The smallest absolute Gasteiger partial charge is 0.410 e. The molecular weight excluding hydrogens is 609 g/mol. The van der Waals surface area contributed by atoms with E-state index in [0.29, 0.717) is 36.5 Å². The van der Waals surface area contributed by atoms with E-state index < -0.39 is 11.4 Å². The first-order chi connectivity index (χ1) is 21.9. The quantitative estimate of drug-likeness (QED) is 0.200. The van der Waals surface area contributed by atoms with Gasteiger partial charge in [-0.2, -0.15) is 9.97 Å². The number of piperazine rings is 1. The molecule has 2 aliphatic rings. The molecule has 0 radical (unpaired) electrons. The Morgan fingerprint density at radius 1 is 1.07 bits per heavy atom. The third-order valence-corrected chi connectivity index (χ3v) is 8.87. The number of aromatic hydroxyl groups is 1. The summed E-state index contributed by atoms with van der Waals surface area (Å²) >= 11 is 6.89. The van der Waals surface area contributed by atoms with Gasteiger partial charge in [0.05, 0.1) is 23.7 Å². The van der Waals surface area contributed by atoms with E-state index in [1.54, 1.807) is 12.1 Å². The summed E-state index contributed by atoms with van der Waals surface area (Å²) in [6.45, 7) is 7.91. The molecule has 11 heteroatoms. The molecule has 0 spiro atoms. The number of phenols is 1. The lowest BCUT2D eigenvalue weighted by molar-refractivity contribution is 0.0122. The fraction of sp³-hybridized carbons (Fsp3) is 0.457. The minimum atomic E-state index is -0.616. The standard InChI is InChI=1S/C35H41ClFN5O4/c1-35(2,3)46-34(44)42-22-12-13-23(42)20-41(19-22)32-27-18-28(36)29(26-17-24(43)16-21-10-6-7-11-25(21)26)30(37)31(27)38-33(39-32)45-15-9-8-14-40(4)5/h6-7,10-11,16-18,22-23,43H,8-9,12-15,19-20H2,1-5H3/t22-,23+. The molecule has 1 amide bonds. The van der Waals surface area contributed by atoms with Crippen LogP contribution in [0.5, 0.6) is 11.8 Å². The third kappa shape index (κ3) is 6.51. The Kier molecular flexibility index (Phi) is 8.87. The number of ether oxygens (including phenoxy) is 2. The Morgan fingerprint density at radius 2 is 1.78 bits per heavy atom. The second kappa shape index (κ2) is 12.7. The highest BCUT2D eigenvalue weighted by atomic mass is 35.5. The second-order valence-corrected chi connectivity index (χ2v) is 13.9. The van der Waals surface area contributed by atoms with Gasteiger partial charge >= 0.3 is 12.1 Å². The normalized spacial score (nSPS) is 18.2. The van der Waals surface area contributed by atoms with Crippen molar-refractivity contribution < 1.29 is 23.8 Å². The number of unbranched alkanes of at least 4 members (excludes halogenated alkanes) is 1. The van der Waals surface area contributed by atoms with E-state index in [1.807, 2.05) is 64.0 Å². The number of halogens is 2. The van der Waals surface area contributed by atoms with Gasteiger partial charge in [-0.3, -0.25) is 4.90 Å². The van der Waals surface area contributed by atoms with E-state index in [9.17, 15) is 9.90 Å². The molecule has 0 aliphatic carbocycles. The summed E-state index contributed by atoms with van der Waals surface area (Å²) in [7, 11) is 4.05. The van der Waals surface area contributed by atoms with Gasteiger partial charge < -0.3 is 24.4 Å². The Morgan fingerprint density at radius 3 is 2.48 bits per heavy atom. The Balaban J connectivity index is 1.42. The van der Waals surface area contributed by atoms with Crippen molar-refractivity contribution in [3.05, 3.63) is 53.3 Å². The molecule has 2 atom stereocenters. The molecule has 0 unspecified atom stereocenters. The third-order valence-electron chi connectivity index (χ3n) is 8.58. The van der Waals surface area contributed by atoms with E-state index in [4.69, 9.17) is 26.1 Å². The predicted octanol–water partition coefficient (Wildman–Crippen LogP) is 7.26. The van der Waals surface area contributed by atoms with Gasteiger partial charge in [0.1, 0.15) is 22.7 Å². The number of benzene rings is 3. The number of amides is 1. The summed E-state index contributed by atoms with van der Waals surface area (Å²) in [6.07, 6.45) is 3.08. The first-order valence-electron chi connectivity index (χ1n) is 15.9. The van der Waals surface area contributed by atoms with Crippen LogP contribution in [0.15, 0.2) is 42.5 Å². The van der Waals surface area contributed by atoms with Crippen LogP contribution in [0.1, 0.15) is 46.5 Å². The molecule has 1 aromatic heterocycles. The average Bonchev–Trinajstić information content (AvgIpc) is 3.25. The summed E-state index contributed by atoms with van der Waals surface area (Å²) in [5.74, 6) is -0.0930. The molecule has 244 valence electrons. The van der Waals surface area contributed by atoms with Gasteiger partial charge in [-0.25, -0.2) is 9.18 Å². The van der Waals surface area contributed by atoms with Crippen LogP contribution in [0.4, 0.5) is 15.0 Å². The number of rotatable bonds is 8. The van der Waals surface area contributed by atoms with E-state index in [0.717, 1.165) is 43.0 Å². The molecule has 3 aromatic carbocycles. The summed E-state index contributed by atoms with van der Waals surface area (Å²) in [6, 6.07) is 12.3. The largest absolute Gasteiger partial charge is 0.508 e. The Hall–Kier alpha value is -3.89. The number of phenolic OH excluding ortho intramolecular Hbond substituents is 1. The van der Waals surface area contributed by atoms with Crippen molar-refractivity contribution >= 4 is 45.2 Å². The first-order valence-corrected chi connectivity index (χ1v) is 16.2. The number of anilines is 1. The van der Waals surface area contributed by atoms with E-state index in [-0.39, 0.29) is 46.0 Å². The molecule has 2 saturated heterocycles. The zero-order chi connectivity index (χ0) is 32.7. The number of hydrogen-bond acceptors (Lipinski definition) is 8. The maximum Gasteiger partial charge on any atom is 0.410 e. The van der Waals surface area contributed by atoms with Gasteiger partial charge in [-0.1, -0.05) is 35.9 Å². The lowest BCUT2D eigenvalue weighted by atomic mass is 9.96. The van der Waals surface area contributed by atoms with Crippen LogP contribution >= 0.6 is 11.6 Å². The number of aromatic nitrogens is 2. The lowest BCUT2D eigenvalue weighted by Gasteiger charge is -2.42. The number of fused-ring (bicyclic) bond motifs is 4. The van der Waals surface area contributed by atoms with Crippen molar-refractivity contribution in [3.8, 4) is 22.9 Å². The van der Waals surface area contributed by atoms with Gasteiger partial charge in [0, 0.05) is 24.0 Å². The van der Waals surface area contributed by atoms with Crippen LogP contribution in [-0.4, -0.2) is 89.0 Å². The molecule has 9 nitrogen and oxygen atoms in total. The van der Waals surface area contributed by atoms with Crippen molar-refractivity contribution in [2.24, 2.45) is 0 Å². The number of nitrogens with zero attached hydrogens (tertiary/aromatic N) is 5. The van der Waals surface area contributed by atoms with E-state index in [2.05, 4.69) is 14.8 Å². The van der Waals surface area contributed by atoms with Gasteiger partial charge in [0.2, 0.25) is 0 Å². The van der Waals surface area contributed by atoms with Crippen LogP contribution in [0.3, 0.4) is 0 Å². The summed E-state index contributed by atoms with van der Waals surface area (Å²) in [5.41, 5.74) is 0.109. The van der Waals surface area contributed by atoms with Gasteiger partial charge in [0.25, 0.3) is 0 Å². The molecule has 0 saturated carbocycles. The Bertz CT molecular complexity index is 1760. The number of hydrogen-bond donors (Lipinski definition) is 1. The first kappa shape index (κ1) is 32.1. The van der Waals surface area contributed by atoms with E-state index >= 15 is 4.39 Å². The highest BCUT2D eigenvalue weighted by molar-refractivity contribution is 6.35. The maximum absolute atomic E-state index is 16.8. The van der Waals surface area contributed by atoms with Crippen LogP contribution < -0.4 is 9.64 Å². The van der Waals surface area contributed by atoms with Gasteiger partial charge in [0.15, 0.2) is 5.82 Å². The van der Waals surface area contributed by atoms with Crippen molar-refractivity contribution in [1.29, 1.82) is 0 Å². The molecule has 46 heavy (non-hydrogen) atoms. The SMILES string of the molecule is CN(C)CCCCOc1nc(N2C[C@H]3CC[C@@H](C2)N3C(=O)OC(C)(C)C)c2cc(Cl)c(-c3cc(O)cc4ccccc34)c(F)c2n1. The number of carbonyl (C=O) groups is 1. The van der Waals surface area contributed by atoms with Crippen LogP contribution in [0, 0.1) is 5.82 Å². The van der Waals surface area contributed by atoms with Crippen LogP contribution in [0.2, 0.25) is 5.02 Å². The van der Waals surface area contributed by atoms with Crippen molar-refractivity contribution in [1.82, 2.24) is 19.8 Å². The second-order valence-electron chi connectivity index (χ2n) is 13.5. The van der Waals surface area contributed by atoms with Gasteiger partial charge in [-0.05, 0) is 102 Å².